The maximum Gasteiger partial charge on any atom is 0.261 e. The standard InChI is InChI=1S/C17H22N2O2/c1-4-5-6-7-14-8-10-15(11-9-14)18-17(20)16-12(2)19-21-13(16)3/h8-11H,4-7H2,1-3H3,(H,18,20). The number of rotatable bonds is 6. The zero-order valence-corrected chi connectivity index (χ0v) is 12.9. The second kappa shape index (κ2) is 7.07. The zero-order chi connectivity index (χ0) is 15.2. The van der Waals surface area contributed by atoms with Gasteiger partial charge in [-0.25, -0.2) is 0 Å². The summed E-state index contributed by atoms with van der Waals surface area (Å²) in [4.78, 5) is 12.2. The minimum Gasteiger partial charge on any atom is -0.361 e. The van der Waals surface area contributed by atoms with E-state index in [2.05, 4.69) is 29.5 Å². The van der Waals surface area contributed by atoms with Crippen LogP contribution in [-0.4, -0.2) is 11.1 Å². The molecular weight excluding hydrogens is 264 g/mol. The van der Waals surface area contributed by atoms with Gasteiger partial charge in [-0.3, -0.25) is 4.79 Å². The van der Waals surface area contributed by atoms with Crippen molar-refractivity contribution < 1.29 is 9.32 Å². The molecule has 1 amide bonds. The Hall–Kier alpha value is -2.10. The van der Waals surface area contributed by atoms with E-state index in [-0.39, 0.29) is 5.91 Å². The van der Waals surface area contributed by atoms with Crippen LogP contribution in [0.2, 0.25) is 0 Å². The second-order valence-corrected chi connectivity index (χ2v) is 5.31. The second-order valence-electron chi connectivity index (χ2n) is 5.31. The summed E-state index contributed by atoms with van der Waals surface area (Å²) in [6, 6.07) is 8.02. The fraction of sp³-hybridized carbons (Fsp3) is 0.412. The SMILES string of the molecule is CCCCCc1ccc(NC(=O)c2c(C)noc2C)cc1. The molecule has 2 rings (SSSR count). The molecule has 1 aromatic heterocycles. The Labute approximate surface area is 125 Å². The number of amides is 1. The molecule has 0 saturated heterocycles. The highest BCUT2D eigenvalue weighted by molar-refractivity contribution is 6.05. The van der Waals surface area contributed by atoms with Gasteiger partial charge in [0.1, 0.15) is 11.3 Å². The molecule has 0 fully saturated rings. The van der Waals surface area contributed by atoms with E-state index in [0.29, 0.717) is 17.0 Å². The van der Waals surface area contributed by atoms with Crippen LogP contribution in [0.5, 0.6) is 0 Å². The number of unbranched alkanes of at least 4 members (excludes halogenated alkanes) is 2. The molecule has 0 saturated carbocycles. The number of carbonyl (C=O) groups is 1. The van der Waals surface area contributed by atoms with Crippen molar-refractivity contribution in [3.05, 3.63) is 46.8 Å². The molecule has 0 unspecified atom stereocenters. The predicted molar refractivity (Wildman–Crippen MR) is 83.6 cm³/mol. The molecule has 4 nitrogen and oxygen atoms in total. The first-order valence-electron chi connectivity index (χ1n) is 7.45. The molecule has 1 N–H and O–H groups in total. The molecule has 0 spiro atoms. The third-order valence-corrected chi connectivity index (χ3v) is 3.54. The molecule has 0 aliphatic carbocycles. The van der Waals surface area contributed by atoms with Crippen LogP contribution >= 0.6 is 0 Å². The van der Waals surface area contributed by atoms with Crippen molar-refractivity contribution in [2.24, 2.45) is 0 Å². The topological polar surface area (TPSA) is 55.1 Å². The number of hydrogen-bond acceptors (Lipinski definition) is 3. The van der Waals surface area contributed by atoms with Gasteiger partial charge in [0.05, 0.1) is 5.69 Å². The van der Waals surface area contributed by atoms with Gasteiger partial charge in [0.15, 0.2) is 0 Å². The van der Waals surface area contributed by atoms with E-state index in [9.17, 15) is 4.79 Å². The van der Waals surface area contributed by atoms with Crippen LogP contribution < -0.4 is 5.32 Å². The summed E-state index contributed by atoms with van der Waals surface area (Å²) in [6.45, 7) is 5.71. The van der Waals surface area contributed by atoms with Crippen LogP contribution in [0.4, 0.5) is 5.69 Å². The van der Waals surface area contributed by atoms with Gasteiger partial charge < -0.3 is 9.84 Å². The molecule has 0 radical (unpaired) electrons. The number of nitrogens with one attached hydrogen (secondary N) is 1. The fourth-order valence-corrected chi connectivity index (χ4v) is 2.33. The molecule has 112 valence electrons. The molecule has 1 heterocycles. The molecule has 0 atom stereocenters. The summed E-state index contributed by atoms with van der Waals surface area (Å²) in [5.74, 6) is 0.367. The number of benzene rings is 1. The van der Waals surface area contributed by atoms with Crippen molar-refractivity contribution in [2.45, 2.75) is 46.5 Å². The summed E-state index contributed by atoms with van der Waals surface area (Å²) in [6.07, 6.45) is 4.78. The first-order valence-corrected chi connectivity index (χ1v) is 7.45. The Balaban J connectivity index is 1.98. The molecule has 0 aliphatic rings. The van der Waals surface area contributed by atoms with Gasteiger partial charge in [-0.1, -0.05) is 37.1 Å². The first-order chi connectivity index (χ1) is 10.1. The van der Waals surface area contributed by atoms with E-state index in [1.165, 1.54) is 24.8 Å². The maximum absolute atomic E-state index is 12.2. The molecule has 1 aromatic carbocycles. The van der Waals surface area contributed by atoms with E-state index in [4.69, 9.17) is 4.52 Å². The smallest absolute Gasteiger partial charge is 0.261 e. The van der Waals surface area contributed by atoms with E-state index in [1.807, 2.05) is 12.1 Å². The summed E-state index contributed by atoms with van der Waals surface area (Å²) >= 11 is 0. The van der Waals surface area contributed by atoms with E-state index < -0.39 is 0 Å². The van der Waals surface area contributed by atoms with Crippen molar-refractivity contribution in [3.8, 4) is 0 Å². The molecular formula is C17H22N2O2. The van der Waals surface area contributed by atoms with Crippen molar-refractivity contribution in [1.82, 2.24) is 5.16 Å². The van der Waals surface area contributed by atoms with Crippen molar-refractivity contribution >= 4 is 11.6 Å². The van der Waals surface area contributed by atoms with Crippen LogP contribution in [-0.2, 0) is 6.42 Å². The minimum atomic E-state index is -0.176. The Bertz CT molecular complexity index is 580. The normalized spacial score (nSPS) is 10.6. The third-order valence-electron chi connectivity index (χ3n) is 3.54. The summed E-state index contributed by atoms with van der Waals surface area (Å²) in [5, 5.41) is 6.68. The quantitative estimate of drug-likeness (QED) is 0.806. The first kappa shape index (κ1) is 15.3. The van der Waals surface area contributed by atoms with Gasteiger partial charge in [0, 0.05) is 5.69 Å². The Morgan fingerprint density at radius 3 is 2.48 bits per heavy atom. The monoisotopic (exact) mass is 286 g/mol. The molecule has 0 aliphatic heterocycles. The summed E-state index contributed by atoms with van der Waals surface area (Å²) < 4.78 is 5.02. The maximum atomic E-state index is 12.2. The highest BCUT2D eigenvalue weighted by Gasteiger charge is 2.17. The Kier molecular flexibility index (Phi) is 5.14. The summed E-state index contributed by atoms with van der Waals surface area (Å²) in [7, 11) is 0. The number of aromatic nitrogens is 1. The van der Waals surface area contributed by atoms with Crippen LogP contribution in [0.25, 0.3) is 0 Å². The minimum absolute atomic E-state index is 0.176. The van der Waals surface area contributed by atoms with Gasteiger partial charge in [-0.2, -0.15) is 0 Å². The largest absolute Gasteiger partial charge is 0.361 e. The number of aryl methyl sites for hydroxylation is 3. The highest BCUT2D eigenvalue weighted by atomic mass is 16.5. The van der Waals surface area contributed by atoms with Gasteiger partial charge in [-0.15, -0.1) is 0 Å². The average molecular weight is 286 g/mol. The lowest BCUT2D eigenvalue weighted by Gasteiger charge is -2.06. The van der Waals surface area contributed by atoms with Gasteiger partial charge in [0.2, 0.25) is 0 Å². The van der Waals surface area contributed by atoms with Gasteiger partial charge in [-0.05, 0) is 44.4 Å². The average Bonchev–Trinajstić information content (AvgIpc) is 2.80. The van der Waals surface area contributed by atoms with Crippen molar-refractivity contribution in [3.63, 3.8) is 0 Å². The van der Waals surface area contributed by atoms with Crippen molar-refractivity contribution in [1.29, 1.82) is 0 Å². The molecule has 4 heteroatoms. The van der Waals surface area contributed by atoms with Gasteiger partial charge >= 0.3 is 0 Å². The Morgan fingerprint density at radius 2 is 1.90 bits per heavy atom. The third kappa shape index (κ3) is 3.94. The number of hydrogen-bond donors (Lipinski definition) is 1. The van der Waals surface area contributed by atoms with E-state index in [1.54, 1.807) is 13.8 Å². The van der Waals surface area contributed by atoms with Crippen LogP contribution in [0.3, 0.4) is 0 Å². The number of nitrogens with zero attached hydrogens (tertiary/aromatic N) is 1. The highest BCUT2D eigenvalue weighted by Crippen LogP contribution is 2.17. The van der Waals surface area contributed by atoms with Crippen molar-refractivity contribution in [2.75, 3.05) is 5.32 Å². The van der Waals surface area contributed by atoms with Crippen LogP contribution in [0.1, 0.15) is 53.6 Å². The number of carbonyl (C=O) groups excluding carboxylic acids is 1. The van der Waals surface area contributed by atoms with E-state index >= 15 is 0 Å². The summed E-state index contributed by atoms with van der Waals surface area (Å²) in [5.41, 5.74) is 3.22. The fourth-order valence-electron chi connectivity index (χ4n) is 2.33. The lowest BCUT2D eigenvalue weighted by molar-refractivity contribution is 0.102. The van der Waals surface area contributed by atoms with Gasteiger partial charge in [0.25, 0.3) is 5.91 Å². The predicted octanol–water partition coefficient (Wildman–Crippen LogP) is 4.28. The zero-order valence-electron chi connectivity index (χ0n) is 12.9. The molecule has 2 aromatic rings. The number of anilines is 1. The van der Waals surface area contributed by atoms with Crippen LogP contribution in [0, 0.1) is 13.8 Å². The Morgan fingerprint density at radius 1 is 1.19 bits per heavy atom. The van der Waals surface area contributed by atoms with Crippen LogP contribution in [0.15, 0.2) is 28.8 Å². The molecule has 21 heavy (non-hydrogen) atoms. The van der Waals surface area contributed by atoms with E-state index in [0.717, 1.165) is 12.1 Å². The lowest BCUT2D eigenvalue weighted by Crippen LogP contribution is -2.13. The lowest BCUT2D eigenvalue weighted by atomic mass is 10.1. The molecule has 0 bridgehead atoms.